The van der Waals surface area contributed by atoms with E-state index < -0.39 is 6.10 Å². The Morgan fingerprint density at radius 1 is 1.36 bits per heavy atom. The molecule has 1 amide bonds. The van der Waals surface area contributed by atoms with Crippen molar-refractivity contribution in [3.05, 3.63) is 66.0 Å². The third kappa shape index (κ3) is 3.23. The number of hydrogen-bond donors (Lipinski definition) is 1. The zero-order valence-electron chi connectivity index (χ0n) is 13.4. The number of aliphatic hydroxyl groups is 1. The van der Waals surface area contributed by atoms with Gasteiger partial charge in [0.15, 0.2) is 0 Å². The lowest BCUT2D eigenvalue weighted by Crippen LogP contribution is -2.36. The van der Waals surface area contributed by atoms with Crippen LogP contribution in [-0.4, -0.2) is 42.9 Å². The molecule has 2 heterocycles. The highest BCUT2D eigenvalue weighted by atomic mass is 19.1. The van der Waals surface area contributed by atoms with Crippen LogP contribution in [0, 0.1) is 5.82 Å². The lowest BCUT2D eigenvalue weighted by molar-refractivity contribution is 0.0598. The zero-order valence-corrected chi connectivity index (χ0v) is 13.4. The van der Waals surface area contributed by atoms with Gasteiger partial charge >= 0.3 is 0 Å². The lowest BCUT2D eigenvalue weighted by Gasteiger charge is -2.24. The predicted molar refractivity (Wildman–Crippen MR) is 88.4 cm³/mol. The normalized spacial score (nSPS) is 15.3. The van der Waals surface area contributed by atoms with E-state index in [1.54, 1.807) is 34.0 Å². The van der Waals surface area contributed by atoms with Crippen LogP contribution < -0.4 is 0 Å². The largest absolute Gasteiger partial charge is 0.387 e. The Morgan fingerprint density at radius 2 is 2.12 bits per heavy atom. The molecule has 1 unspecified atom stereocenters. The molecule has 7 heteroatoms. The Morgan fingerprint density at radius 3 is 2.80 bits per heavy atom. The Hall–Kier alpha value is -2.80. The molecule has 0 saturated heterocycles. The van der Waals surface area contributed by atoms with Crippen LogP contribution in [0.1, 0.15) is 35.0 Å². The number of benzene rings is 1. The third-order valence-corrected chi connectivity index (χ3v) is 4.33. The van der Waals surface area contributed by atoms with Crippen molar-refractivity contribution in [3.63, 3.8) is 0 Å². The van der Waals surface area contributed by atoms with Gasteiger partial charge in [-0.05, 0) is 36.6 Å². The first-order valence-corrected chi connectivity index (χ1v) is 8.16. The Labute approximate surface area is 143 Å². The first kappa shape index (κ1) is 15.7. The van der Waals surface area contributed by atoms with Crippen molar-refractivity contribution in [2.45, 2.75) is 25.0 Å². The molecule has 6 nitrogen and oxygen atoms in total. The summed E-state index contributed by atoms with van der Waals surface area (Å²) in [7, 11) is 0. The van der Waals surface area contributed by atoms with Crippen molar-refractivity contribution in [2.24, 2.45) is 0 Å². The molecule has 2 aromatic heterocycles. The van der Waals surface area contributed by atoms with Crippen molar-refractivity contribution in [1.29, 1.82) is 0 Å². The summed E-state index contributed by atoms with van der Waals surface area (Å²) in [6, 6.07) is 7.54. The summed E-state index contributed by atoms with van der Waals surface area (Å²) >= 11 is 0. The molecule has 1 fully saturated rings. The van der Waals surface area contributed by atoms with Gasteiger partial charge in [0.05, 0.1) is 12.6 Å². The lowest BCUT2D eigenvalue weighted by atomic mass is 10.1. The fourth-order valence-electron chi connectivity index (χ4n) is 2.84. The van der Waals surface area contributed by atoms with Gasteiger partial charge in [0.2, 0.25) is 5.78 Å². The summed E-state index contributed by atoms with van der Waals surface area (Å²) in [4.78, 5) is 22.9. The molecular formula is C18H17FN4O2. The minimum Gasteiger partial charge on any atom is -0.387 e. The number of halogens is 1. The summed E-state index contributed by atoms with van der Waals surface area (Å²) in [5.41, 5.74) is 0.883. The van der Waals surface area contributed by atoms with Gasteiger partial charge in [0, 0.05) is 24.6 Å². The summed E-state index contributed by atoms with van der Waals surface area (Å²) in [5, 5.41) is 10.4. The molecule has 1 aromatic carbocycles. The number of amides is 1. The van der Waals surface area contributed by atoms with E-state index in [9.17, 15) is 14.3 Å². The molecule has 1 saturated carbocycles. The topological polar surface area (TPSA) is 70.7 Å². The van der Waals surface area contributed by atoms with E-state index in [1.165, 1.54) is 24.3 Å². The van der Waals surface area contributed by atoms with Crippen LogP contribution >= 0.6 is 0 Å². The van der Waals surface area contributed by atoms with Gasteiger partial charge in [-0.2, -0.15) is 0 Å². The molecule has 4 rings (SSSR count). The number of carbonyl (C=O) groups excluding carboxylic acids is 1. The fraction of sp³-hybridized carbons (Fsp3) is 0.278. The van der Waals surface area contributed by atoms with E-state index in [0.717, 1.165) is 12.8 Å². The average molecular weight is 340 g/mol. The van der Waals surface area contributed by atoms with E-state index in [1.807, 2.05) is 0 Å². The van der Waals surface area contributed by atoms with Gasteiger partial charge in [-0.25, -0.2) is 14.4 Å². The summed E-state index contributed by atoms with van der Waals surface area (Å²) in [6.45, 7) is 0.149. The molecule has 0 aliphatic heterocycles. The number of imidazole rings is 1. The maximum atomic E-state index is 13.0. The van der Waals surface area contributed by atoms with E-state index in [0.29, 0.717) is 17.0 Å². The predicted octanol–water partition coefficient (Wildman–Crippen LogP) is 2.21. The molecule has 25 heavy (non-hydrogen) atoms. The van der Waals surface area contributed by atoms with Gasteiger partial charge in [0.25, 0.3) is 5.91 Å². The van der Waals surface area contributed by atoms with Gasteiger partial charge in [-0.15, -0.1) is 0 Å². The molecule has 1 N–H and O–H groups in total. The highest BCUT2D eigenvalue weighted by Crippen LogP contribution is 2.30. The van der Waals surface area contributed by atoms with Gasteiger partial charge in [-0.3, -0.25) is 9.20 Å². The monoisotopic (exact) mass is 340 g/mol. The minimum absolute atomic E-state index is 0.111. The van der Waals surface area contributed by atoms with Crippen LogP contribution in [0.25, 0.3) is 5.78 Å². The maximum Gasteiger partial charge on any atom is 0.274 e. The molecule has 3 aromatic rings. The Bertz CT molecular complexity index is 872. The zero-order chi connectivity index (χ0) is 17.4. The van der Waals surface area contributed by atoms with E-state index in [2.05, 4.69) is 9.97 Å². The van der Waals surface area contributed by atoms with Gasteiger partial charge in [-0.1, -0.05) is 12.1 Å². The van der Waals surface area contributed by atoms with Crippen LogP contribution in [0.3, 0.4) is 0 Å². The maximum absolute atomic E-state index is 13.0. The van der Waals surface area contributed by atoms with E-state index >= 15 is 0 Å². The minimum atomic E-state index is -0.875. The quantitative estimate of drug-likeness (QED) is 0.773. The van der Waals surface area contributed by atoms with Crippen molar-refractivity contribution in [3.8, 4) is 0 Å². The molecule has 1 aliphatic rings. The average Bonchev–Trinajstić information content (AvgIpc) is 3.37. The van der Waals surface area contributed by atoms with E-state index in [4.69, 9.17) is 0 Å². The van der Waals surface area contributed by atoms with Crippen LogP contribution in [0.5, 0.6) is 0 Å². The second kappa shape index (κ2) is 6.25. The third-order valence-electron chi connectivity index (χ3n) is 4.33. The first-order chi connectivity index (χ1) is 12.1. The number of hydrogen-bond acceptors (Lipinski definition) is 4. The Balaban J connectivity index is 1.56. The summed E-state index contributed by atoms with van der Waals surface area (Å²) in [5.74, 6) is -0.127. The van der Waals surface area contributed by atoms with Gasteiger partial charge < -0.3 is 10.0 Å². The Kier molecular flexibility index (Phi) is 3.93. The number of rotatable bonds is 5. The molecular weight excluding hydrogens is 323 g/mol. The highest BCUT2D eigenvalue weighted by molar-refractivity contribution is 5.93. The van der Waals surface area contributed by atoms with Crippen LogP contribution in [0.4, 0.5) is 4.39 Å². The smallest absolute Gasteiger partial charge is 0.274 e. The number of aliphatic hydroxyl groups excluding tert-OH is 1. The second-order valence-electron chi connectivity index (χ2n) is 6.21. The van der Waals surface area contributed by atoms with Gasteiger partial charge in [0.1, 0.15) is 11.5 Å². The number of aromatic nitrogens is 3. The van der Waals surface area contributed by atoms with Crippen molar-refractivity contribution in [1.82, 2.24) is 19.3 Å². The van der Waals surface area contributed by atoms with Crippen molar-refractivity contribution in [2.75, 3.05) is 6.54 Å². The summed E-state index contributed by atoms with van der Waals surface area (Å²) < 4.78 is 14.7. The van der Waals surface area contributed by atoms with E-state index in [-0.39, 0.29) is 24.3 Å². The number of carbonyl (C=O) groups is 1. The highest BCUT2D eigenvalue weighted by Gasteiger charge is 2.35. The standard InChI is InChI=1S/C18H17FN4O2/c19-13-4-2-12(3-5-13)16(24)11-23(14-6-7-14)17(25)15-10-22-9-1-8-20-18(22)21-15/h1-5,8-10,14,16,24H,6-7,11H2. The van der Waals surface area contributed by atoms with Crippen LogP contribution in [-0.2, 0) is 0 Å². The van der Waals surface area contributed by atoms with Crippen LogP contribution in [0.2, 0.25) is 0 Å². The fourth-order valence-corrected chi connectivity index (χ4v) is 2.84. The van der Waals surface area contributed by atoms with Crippen molar-refractivity contribution >= 4 is 11.7 Å². The summed E-state index contributed by atoms with van der Waals surface area (Å²) in [6.07, 6.45) is 5.99. The molecule has 1 atom stereocenters. The second-order valence-corrected chi connectivity index (χ2v) is 6.21. The number of fused-ring (bicyclic) bond motifs is 1. The number of nitrogens with zero attached hydrogens (tertiary/aromatic N) is 4. The molecule has 0 bridgehead atoms. The van der Waals surface area contributed by atoms with Crippen molar-refractivity contribution < 1.29 is 14.3 Å². The molecule has 128 valence electrons. The molecule has 0 radical (unpaired) electrons. The SMILES string of the molecule is O=C(c1cn2cccnc2n1)N(CC(O)c1ccc(F)cc1)C1CC1. The first-order valence-electron chi connectivity index (χ1n) is 8.16. The molecule has 0 spiro atoms. The molecule has 1 aliphatic carbocycles. The van der Waals surface area contributed by atoms with Crippen LogP contribution in [0.15, 0.2) is 48.9 Å².